The zero-order valence-electron chi connectivity index (χ0n) is 12.2. The number of benzene rings is 1. The van der Waals surface area contributed by atoms with Gasteiger partial charge in [0.25, 0.3) is 0 Å². The van der Waals surface area contributed by atoms with Crippen molar-refractivity contribution in [1.82, 2.24) is 4.90 Å². The minimum Gasteiger partial charge on any atom is -0.444 e. The normalized spacial score (nSPS) is 15.6. The van der Waals surface area contributed by atoms with Crippen LogP contribution >= 0.6 is 0 Å². The molecule has 1 fully saturated rings. The zero-order valence-corrected chi connectivity index (χ0v) is 12.2. The van der Waals surface area contributed by atoms with Crippen LogP contribution in [0.4, 0.5) is 13.6 Å². The molecule has 0 bridgehead atoms. The smallest absolute Gasteiger partial charge is 0.410 e. The van der Waals surface area contributed by atoms with Crippen molar-refractivity contribution in [2.24, 2.45) is 5.92 Å². The average molecular weight is 297 g/mol. The van der Waals surface area contributed by atoms with Crippen molar-refractivity contribution in [2.45, 2.75) is 26.4 Å². The number of ether oxygens (including phenoxy) is 1. The topological polar surface area (TPSA) is 46.6 Å². The number of amides is 1. The highest BCUT2D eigenvalue weighted by Crippen LogP contribution is 2.24. The Morgan fingerprint density at radius 2 is 1.86 bits per heavy atom. The molecule has 6 heteroatoms. The second-order valence-corrected chi connectivity index (χ2v) is 6.07. The van der Waals surface area contributed by atoms with Crippen molar-refractivity contribution in [3.63, 3.8) is 0 Å². The van der Waals surface area contributed by atoms with Gasteiger partial charge in [-0.2, -0.15) is 0 Å². The van der Waals surface area contributed by atoms with E-state index < -0.39 is 35.0 Å². The molecule has 2 rings (SSSR count). The molecule has 0 saturated carbocycles. The van der Waals surface area contributed by atoms with Gasteiger partial charge in [-0.1, -0.05) is 0 Å². The molecule has 0 atom stereocenters. The first kappa shape index (κ1) is 15.4. The van der Waals surface area contributed by atoms with E-state index in [0.717, 1.165) is 12.1 Å². The van der Waals surface area contributed by atoms with Gasteiger partial charge in [-0.15, -0.1) is 0 Å². The van der Waals surface area contributed by atoms with E-state index in [4.69, 9.17) is 4.74 Å². The lowest BCUT2D eigenvalue weighted by molar-refractivity contribution is 0.00144. The number of Topliss-reactive ketones (excluding diaryl/α,β-unsaturated/α-hetero) is 1. The minimum absolute atomic E-state index is 0.148. The first-order chi connectivity index (χ1) is 9.67. The van der Waals surface area contributed by atoms with E-state index in [9.17, 15) is 18.4 Å². The Morgan fingerprint density at radius 3 is 2.38 bits per heavy atom. The van der Waals surface area contributed by atoms with Crippen LogP contribution in [-0.4, -0.2) is 35.5 Å². The van der Waals surface area contributed by atoms with Crippen LogP contribution in [0.1, 0.15) is 31.1 Å². The van der Waals surface area contributed by atoms with Gasteiger partial charge < -0.3 is 9.64 Å². The minimum atomic E-state index is -0.879. The summed E-state index contributed by atoms with van der Waals surface area (Å²) in [5.74, 6) is -2.51. The predicted molar refractivity (Wildman–Crippen MR) is 72.0 cm³/mol. The van der Waals surface area contributed by atoms with Gasteiger partial charge in [-0.3, -0.25) is 4.79 Å². The number of likely N-dealkylation sites (tertiary alicyclic amines) is 1. The van der Waals surface area contributed by atoms with Crippen molar-refractivity contribution in [2.75, 3.05) is 13.1 Å². The third kappa shape index (κ3) is 3.56. The van der Waals surface area contributed by atoms with Crippen LogP contribution in [0.2, 0.25) is 0 Å². The maximum absolute atomic E-state index is 13.5. The molecular formula is C15H17F2NO3. The number of carbonyl (C=O) groups is 2. The summed E-state index contributed by atoms with van der Waals surface area (Å²) in [6.07, 6.45) is -0.494. The Balaban J connectivity index is 1.95. The number of ketones is 1. The van der Waals surface area contributed by atoms with Crippen molar-refractivity contribution in [1.29, 1.82) is 0 Å². The molecule has 1 aromatic carbocycles. The van der Waals surface area contributed by atoms with Crippen molar-refractivity contribution in [3.05, 3.63) is 35.4 Å². The van der Waals surface area contributed by atoms with Crippen LogP contribution in [-0.2, 0) is 4.74 Å². The Hall–Kier alpha value is -1.98. The van der Waals surface area contributed by atoms with Crippen molar-refractivity contribution in [3.8, 4) is 0 Å². The summed E-state index contributed by atoms with van der Waals surface area (Å²) in [6.45, 7) is 5.62. The summed E-state index contributed by atoms with van der Waals surface area (Å²) in [5.41, 5.74) is -0.750. The lowest BCUT2D eigenvalue weighted by atomic mass is 9.91. The molecule has 0 unspecified atom stereocenters. The maximum atomic E-state index is 13.5. The maximum Gasteiger partial charge on any atom is 0.410 e. The molecule has 1 aliphatic heterocycles. The molecule has 21 heavy (non-hydrogen) atoms. The highest BCUT2D eigenvalue weighted by Gasteiger charge is 2.38. The third-order valence-electron chi connectivity index (χ3n) is 3.10. The van der Waals surface area contributed by atoms with Crippen LogP contribution in [0.25, 0.3) is 0 Å². The molecule has 0 spiro atoms. The van der Waals surface area contributed by atoms with Crippen molar-refractivity contribution >= 4 is 11.9 Å². The predicted octanol–water partition coefficient (Wildman–Crippen LogP) is 3.01. The summed E-state index contributed by atoms with van der Waals surface area (Å²) in [7, 11) is 0. The van der Waals surface area contributed by atoms with Gasteiger partial charge in [-0.05, 0) is 32.9 Å². The molecule has 1 aliphatic rings. The monoisotopic (exact) mass is 297 g/mol. The van der Waals surface area contributed by atoms with Gasteiger partial charge in [0.2, 0.25) is 0 Å². The first-order valence-corrected chi connectivity index (χ1v) is 6.64. The molecule has 0 aliphatic carbocycles. The molecule has 4 nitrogen and oxygen atoms in total. The van der Waals surface area contributed by atoms with E-state index in [-0.39, 0.29) is 18.7 Å². The SMILES string of the molecule is CC(C)(C)OC(=O)N1CC(C(=O)c2ccc(F)cc2F)C1. The Kier molecular flexibility index (Phi) is 3.98. The Morgan fingerprint density at radius 1 is 1.24 bits per heavy atom. The highest BCUT2D eigenvalue weighted by molar-refractivity contribution is 5.99. The fourth-order valence-electron chi connectivity index (χ4n) is 2.03. The Labute approximate surface area is 121 Å². The average Bonchev–Trinajstić information content (AvgIpc) is 2.23. The molecular weight excluding hydrogens is 280 g/mol. The summed E-state index contributed by atoms with van der Waals surface area (Å²) in [4.78, 5) is 25.2. The molecule has 1 saturated heterocycles. The lowest BCUT2D eigenvalue weighted by Crippen LogP contribution is -2.54. The van der Waals surface area contributed by atoms with Crippen LogP contribution in [0.3, 0.4) is 0 Å². The second kappa shape index (κ2) is 5.42. The van der Waals surface area contributed by atoms with Crippen LogP contribution in [0.15, 0.2) is 18.2 Å². The number of hydrogen-bond donors (Lipinski definition) is 0. The van der Waals surface area contributed by atoms with E-state index in [1.165, 1.54) is 4.90 Å². The van der Waals surface area contributed by atoms with Crippen molar-refractivity contribution < 1.29 is 23.1 Å². The highest BCUT2D eigenvalue weighted by atomic mass is 19.1. The van der Waals surface area contributed by atoms with E-state index in [0.29, 0.717) is 6.07 Å². The van der Waals surface area contributed by atoms with E-state index in [1.807, 2.05) is 0 Å². The molecule has 0 N–H and O–H groups in total. The van der Waals surface area contributed by atoms with Gasteiger partial charge in [-0.25, -0.2) is 13.6 Å². The molecule has 1 amide bonds. The van der Waals surface area contributed by atoms with E-state index in [2.05, 4.69) is 0 Å². The number of halogens is 2. The van der Waals surface area contributed by atoms with Gasteiger partial charge in [0.05, 0.1) is 11.5 Å². The molecule has 0 radical (unpaired) electrons. The molecule has 0 aromatic heterocycles. The number of rotatable bonds is 2. The lowest BCUT2D eigenvalue weighted by Gasteiger charge is -2.38. The number of carbonyl (C=O) groups excluding carboxylic acids is 2. The number of hydrogen-bond acceptors (Lipinski definition) is 3. The first-order valence-electron chi connectivity index (χ1n) is 6.64. The quantitative estimate of drug-likeness (QED) is 0.788. The Bertz CT molecular complexity index is 575. The summed E-state index contributed by atoms with van der Waals surface area (Å²) in [6, 6.07) is 2.85. The largest absolute Gasteiger partial charge is 0.444 e. The van der Waals surface area contributed by atoms with Crippen LogP contribution in [0.5, 0.6) is 0 Å². The van der Waals surface area contributed by atoms with Crippen LogP contribution in [0, 0.1) is 17.6 Å². The standard InChI is InChI=1S/C15H17F2NO3/c1-15(2,3)21-14(20)18-7-9(8-18)13(19)11-5-4-10(16)6-12(11)17/h4-6,9H,7-8H2,1-3H3. The van der Waals surface area contributed by atoms with E-state index in [1.54, 1.807) is 20.8 Å². The van der Waals surface area contributed by atoms with Gasteiger partial charge in [0.1, 0.15) is 17.2 Å². The summed E-state index contributed by atoms with van der Waals surface area (Å²) < 4.78 is 31.5. The summed E-state index contributed by atoms with van der Waals surface area (Å²) >= 11 is 0. The number of nitrogens with zero attached hydrogens (tertiary/aromatic N) is 1. The van der Waals surface area contributed by atoms with Gasteiger partial charge in [0, 0.05) is 19.2 Å². The summed E-state index contributed by atoms with van der Waals surface area (Å²) in [5, 5.41) is 0. The third-order valence-corrected chi connectivity index (χ3v) is 3.10. The molecule has 1 aromatic rings. The zero-order chi connectivity index (χ0) is 15.8. The van der Waals surface area contributed by atoms with Gasteiger partial charge in [0.15, 0.2) is 5.78 Å². The molecule has 1 heterocycles. The fourth-order valence-corrected chi connectivity index (χ4v) is 2.03. The molecule has 114 valence electrons. The van der Waals surface area contributed by atoms with Crippen LogP contribution < -0.4 is 0 Å². The van der Waals surface area contributed by atoms with Gasteiger partial charge >= 0.3 is 6.09 Å². The fraction of sp³-hybridized carbons (Fsp3) is 0.467. The second-order valence-electron chi connectivity index (χ2n) is 6.07. The van der Waals surface area contributed by atoms with E-state index >= 15 is 0 Å².